The molecule has 1 aliphatic heterocycles. The normalized spacial score (nSPS) is 13.7. The number of carbonyl (C=O) groups is 4. The van der Waals surface area contributed by atoms with Crippen LogP contribution in [0.2, 0.25) is 5.02 Å². The van der Waals surface area contributed by atoms with E-state index in [4.69, 9.17) is 11.6 Å². The Labute approximate surface area is 192 Å². The maximum absolute atomic E-state index is 13.1. The van der Waals surface area contributed by atoms with Gasteiger partial charge >= 0.3 is 0 Å². The first-order chi connectivity index (χ1) is 15.3. The van der Waals surface area contributed by atoms with E-state index in [2.05, 4.69) is 5.32 Å². The number of benzene rings is 2. The van der Waals surface area contributed by atoms with Crippen molar-refractivity contribution in [2.45, 2.75) is 39.3 Å². The quantitative estimate of drug-likeness (QED) is 0.588. The molecule has 0 aromatic heterocycles. The molecule has 1 aliphatic rings. The number of hydrogen-bond donors (Lipinski definition) is 1. The van der Waals surface area contributed by atoms with Gasteiger partial charge in [-0.15, -0.1) is 0 Å². The summed E-state index contributed by atoms with van der Waals surface area (Å²) in [6, 6.07) is 13.1. The van der Waals surface area contributed by atoms with Crippen LogP contribution in [0.4, 0.5) is 0 Å². The van der Waals surface area contributed by atoms with Gasteiger partial charge in [0.15, 0.2) is 0 Å². The Morgan fingerprint density at radius 2 is 1.72 bits per heavy atom. The number of nitrogens with one attached hydrogen (secondary N) is 1. The minimum atomic E-state index is -0.680. The van der Waals surface area contributed by atoms with Crippen LogP contribution >= 0.6 is 11.6 Å². The summed E-state index contributed by atoms with van der Waals surface area (Å²) in [7, 11) is 0. The van der Waals surface area contributed by atoms with Crippen LogP contribution < -0.4 is 5.32 Å². The van der Waals surface area contributed by atoms with Crippen LogP contribution in [0.15, 0.2) is 48.5 Å². The van der Waals surface area contributed by atoms with Crippen molar-refractivity contribution in [1.82, 2.24) is 15.1 Å². The number of nitrogens with zero attached hydrogens (tertiary/aromatic N) is 2. The fourth-order valence-electron chi connectivity index (χ4n) is 3.71. The third-order valence-corrected chi connectivity index (χ3v) is 5.65. The highest BCUT2D eigenvalue weighted by molar-refractivity contribution is 6.30. The molecule has 168 valence electrons. The smallest absolute Gasteiger partial charge is 0.261 e. The fraction of sp³-hybridized carbons (Fsp3) is 0.333. The molecule has 8 heteroatoms. The van der Waals surface area contributed by atoms with Crippen LogP contribution in [0.25, 0.3) is 0 Å². The molecule has 0 aliphatic carbocycles. The van der Waals surface area contributed by atoms with E-state index in [1.807, 2.05) is 13.0 Å². The van der Waals surface area contributed by atoms with E-state index in [9.17, 15) is 19.2 Å². The number of fused-ring (bicyclic) bond motifs is 1. The van der Waals surface area contributed by atoms with Gasteiger partial charge in [-0.05, 0) is 50.1 Å². The molecule has 2 aromatic rings. The van der Waals surface area contributed by atoms with Crippen molar-refractivity contribution in [3.8, 4) is 0 Å². The topological polar surface area (TPSA) is 86.8 Å². The first kappa shape index (κ1) is 23.5. The van der Waals surface area contributed by atoms with Gasteiger partial charge in [0.25, 0.3) is 11.8 Å². The maximum Gasteiger partial charge on any atom is 0.261 e. The lowest BCUT2D eigenvalue weighted by molar-refractivity contribution is -0.140. The molecule has 0 bridgehead atoms. The Kier molecular flexibility index (Phi) is 7.64. The zero-order valence-electron chi connectivity index (χ0n) is 18.1. The molecule has 1 N–H and O–H groups in total. The third-order valence-electron chi connectivity index (χ3n) is 5.41. The van der Waals surface area contributed by atoms with E-state index >= 15 is 0 Å². The lowest BCUT2D eigenvalue weighted by Gasteiger charge is -2.29. The molecular formula is C24H26ClN3O4. The van der Waals surface area contributed by atoms with Crippen LogP contribution in [0.5, 0.6) is 0 Å². The van der Waals surface area contributed by atoms with Gasteiger partial charge in [0, 0.05) is 31.1 Å². The molecule has 1 heterocycles. The molecule has 0 spiro atoms. The van der Waals surface area contributed by atoms with Gasteiger partial charge in [-0.3, -0.25) is 24.1 Å². The Hall–Kier alpha value is -3.19. The van der Waals surface area contributed by atoms with Gasteiger partial charge in [0.1, 0.15) is 6.04 Å². The number of halogens is 1. The van der Waals surface area contributed by atoms with Crippen LogP contribution in [-0.4, -0.2) is 52.6 Å². The second kappa shape index (κ2) is 10.4. The molecule has 3 rings (SSSR count). The molecule has 0 radical (unpaired) electrons. The summed E-state index contributed by atoms with van der Waals surface area (Å²) >= 11 is 6.07. The van der Waals surface area contributed by atoms with E-state index in [0.717, 1.165) is 5.56 Å². The summed E-state index contributed by atoms with van der Waals surface area (Å²) in [5.41, 5.74) is 1.58. The largest absolute Gasteiger partial charge is 0.355 e. The molecule has 0 saturated carbocycles. The van der Waals surface area contributed by atoms with E-state index in [1.54, 1.807) is 49.4 Å². The van der Waals surface area contributed by atoms with Crippen LogP contribution in [0.1, 0.15) is 53.0 Å². The molecule has 0 saturated heterocycles. The molecule has 32 heavy (non-hydrogen) atoms. The number of amides is 4. The molecule has 4 amide bonds. The number of imide groups is 1. The maximum atomic E-state index is 13.1. The monoisotopic (exact) mass is 455 g/mol. The summed E-state index contributed by atoms with van der Waals surface area (Å²) in [6.45, 7) is 4.32. The highest BCUT2D eigenvalue weighted by Crippen LogP contribution is 2.23. The summed E-state index contributed by atoms with van der Waals surface area (Å²) in [5, 5.41) is 3.29. The SMILES string of the molecule is CCNC(=O)C(C)N(Cc1cccc(Cl)c1)C(=O)CCCN1C(=O)c2ccccc2C1=O. The fourth-order valence-corrected chi connectivity index (χ4v) is 3.92. The van der Waals surface area contributed by atoms with Crippen molar-refractivity contribution >= 4 is 35.2 Å². The van der Waals surface area contributed by atoms with Gasteiger partial charge in [0.2, 0.25) is 11.8 Å². The van der Waals surface area contributed by atoms with Crippen molar-refractivity contribution in [2.24, 2.45) is 0 Å². The Bertz CT molecular complexity index is 1000. The minimum absolute atomic E-state index is 0.0950. The average molecular weight is 456 g/mol. The van der Waals surface area contributed by atoms with Crippen LogP contribution in [0, 0.1) is 0 Å². The lowest BCUT2D eigenvalue weighted by atomic mass is 10.1. The molecule has 1 atom stereocenters. The second-order valence-corrected chi connectivity index (χ2v) is 8.07. The highest BCUT2D eigenvalue weighted by atomic mass is 35.5. The predicted molar refractivity (Wildman–Crippen MR) is 121 cm³/mol. The average Bonchev–Trinajstić information content (AvgIpc) is 3.02. The zero-order valence-corrected chi connectivity index (χ0v) is 18.9. The number of likely N-dealkylation sites (N-methyl/N-ethyl adjacent to an activating group) is 1. The summed E-state index contributed by atoms with van der Waals surface area (Å²) in [4.78, 5) is 53.2. The second-order valence-electron chi connectivity index (χ2n) is 7.63. The molecular weight excluding hydrogens is 430 g/mol. The molecule has 1 unspecified atom stereocenters. The number of carbonyl (C=O) groups excluding carboxylic acids is 4. The van der Waals surface area contributed by atoms with Gasteiger partial charge in [-0.1, -0.05) is 35.9 Å². The first-order valence-electron chi connectivity index (χ1n) is 10.6. The Morgan fingerprint density at radius 1 is 1.06 bits per heavy atom. The van der Waals surface area contributed by atoms with Crippen LogP contribution in [-0.2, 0) is 16.1 Å². The van der Waals surface area contributed by atoms with E-state index in [0.29, 0.717) is 29.1 Å². The lowest BCUT2D eigenvalue weighted by Crippen LogP contribution is -2.47. The molecule has 7 nitrogen and oxygen atoms in total. The zero-order chi connectivity index (χ0) is 23.3. The molecule has 0 fully saturated rings. The van der Waals surface area contributed by atoms with Gasteiger partial charge < -0.3 is 10.2 Å². The van der Waals surface area contributed by atoms with Crippen molar-refractivity contribution in [1.29, 1.82) is 0 Å². The summed E-state index contributed by atoms with van der Waals surface area (Å²) in [6.07, 6.45) is 0.399. The van der Waals surface area contributed by atoms with E-state index in [-0.39, 0.29) is 43.1 Å². The Morgan fingerprint density at radius 3 is 2.31 bits per heavy atom. The standard InChI is InChI=1S/C24H26ClN3O4/c1-3-26-22(30)16(2)28(15-17-8-6-9-18(25)14-17)21(29)12-7-13-27-23(31)19-10-4-5-11-20(19)24(27)32/h4-6,8-11,14,16H,3,7,12-13,15H2,1-2H3,(H,26,30). The highest BCUT2D eigenvalue weighted by Gasteiger charge is 2.35. The van der Waals surface area contributed by atoms with Crippen LogP contribution in [0.3, 0.4) is 0 Å². The Balaban J connectivity index is 1.66. The first-order valence-corrected chi connectivity index (χ1v) is 11.0. The summed E-state index contributed by atoms with van der Waals surface area (Å²) in [5.74, 6) is -1.17. The van der Waals surface area contributed by atoms with Crippen molar-refractivity contribution in [3.63, 3.8) is 0 Å². The predicted octanol–water partition coefficient (Wildman–Crippen LogP) is 3.27. The van der Waals surface area contributed by atoms with Gasteiger partial charge in [-0.25, -0.2) is 0 Å². The van der Waals surface area contributed by atoms with E-state index in [1.165, 1.54) is 9.80 Å². The summed E-state index contributed by atoms with van der Waals surface area (Å²) < 4.78 is 0. The van der Waals surface area contributed by atoms with E-state index < -0.39 is 6.04 Å². The van der Waals surface area contributed by atoms with Gasteiger partial charge in [-0.2, -0.15) is 0 Å². The van der Waals surface area contributed by atoms with Crippen molar-refractivity contribution in [2.75, 3.05) is 13.1 Å². The van der Waals surface area contributed by atoms with Crippen molar-refractivity contribution in [3.05, 3.63) is 70.2 Å². The molecule has 2 aromatic carbocycles. The number of hydrogen-bond acceptors (Lipinski definition) is 4. The third kappa shape index (κ3) is 5.16. The number of rotatable bonds is 9. The van der Waals surface area contributed by atoms with Crippen molar-refractivity contribution < 1.29 is 19.2 Å². The minimum Gasteiger partial charge on any atom is -0.355 e. The van der Waals surface area contributed by atoms with Gasteiger partial charge in [0.05, 0.1) is 11.1 Å².